The van der Waals surface area contributed by atoms with Crippen molar-refractivity contribution in [1.29, 1.82) is 5.26 Å². The molecule has 1 atom stereocenters. The molecular weight excluding hydrogens is 379 g/mol. The molecule has 150 valence electrons. The van der Waals surface area contributed by atoms with Crippen LogP contribution in [0.4, 0.5) is 24.5 Å². The molecule has 1 fully saturated rings. The van der Waals surface area contributed by atoms with Crippen molar-refractivity contribution in [3.8, 4) is 6.07 Å². The lowest BCUT2D eigenvalue weighted by Gasteiger charge is -2.25. The summed E-state index contributed by atoms with van der Waals surface area (Å²) >= 11 is 0. The summed E-state index contributed by atoms with van der Waals surface area (Å²) in [5.74, 6) is -0.0506. The topological polar surface area (TPSA) is 47.3 Å². The number of amides is 1. The molecule has 0 aromatic heterocycles. The first kappa shape index (κ1) is 20.5. The van der Waals surface area contributed by atoms with E-state index in [4.69, 9.17) is 5.26 Å². The highest BCUT2D eigenvalue weighted by Gasteiger charge is 2.43. The minimum absolute atomic E-state index is 0.0436. The van der Waals surface area contributed by atoms with Crippen LogP contribution in [0.25, 0.3) is 0 Å². The first-order valence-corrected chi connectivity index (χ1v) is 9.19. The van der Waals surface area contributed by atoms with Crippen LogP contribution in [0.1, 0.15) is 36.5 Å². The number of anilines is 2. The summed E-state index contributed by atoms with van der Waals surface area (Å²) in [5.41, 5.74) is 0.287. The Balaban J connectivity index is 2.09. The van der Waals surface area contributed by atoms with E-state index in [9.17, 15) is 18.0 Å². The van der Waals surface area contributed by atoms with Gasteiger partial charge in [-0.15, -0.1) is 0 Å². The largest absolute Gasteiger partial charge is 0.417 e. The summed E-state index contributed by atoms with van der Waals surface area (Å²) in [6.07, 6.45) is -3.45. The predicted octanol–water partition coefficient (Wildman–Crippen LogP) is 5.38. The zero-order valence-corrected chi connectivity index (χ0v) is 16.1. The third-order valence-corrected chi connectivity index (χ3v) is 4.91. The maximum Gasteiger partial charge on any atom is 0.417 e. The number of nitrogens with zero attached hydrogens (tertiary/aromatic N) is 3. The molecule has 0 spiro atoms. The van der Waals surface area contributed by atoms with Gasteiger partial charge in [0.2, 0.25) is 0 Å². The number of aryl methyl sites for hydroxylation is 1. The molecule has 3 rings (SSSR count). The van der Waals surface area contributed by atoms with Gasteiger partial charge in [0.15, 0.2) is 0 Å². The number of rotatable bonds is 4. The SMILES string of the molecule is C=C1N(c2ccc(C#N)c(C(F)(F)F)c2)C(=O)C(CCC)N1c1ccc(C)cc1. The van der Waals surface area contributed by atoms with Crippen LogP contribution >= 0.6 is 0 Å². The standard InChI is InChI=1S/C22H20F3N3O/c1-4-5-20-21(29)28(15(3)27(20)17-9-6-14(2)7-10-17)18-11-8-16(13-26)19(12-18)22(23,24)25/h6-12,20H,3-5H2,1-2H3. The molecule has 1 amide bonds. The van der Waals surface area contributed by atoms with E-state index in [1.807, 2.05) is 38.1 Å². The maximum absolute atomic E-state index is 13.4. The van der Waals surface area contributed by atoms with Gasteiger partial charge >= 0.3 is 6.18 Å². The van der Waals surface area contributed by atoms with Gasteiger partial charge in [0.1, 0.15) is 11.9 Å². The van der Waals surface area contributed by atoms with Gasteiger partial charge in [-0.05, 0) is 43.7 Å². The molecule has 2 aromatic carbocycles. The first-order valence-electron chi connectivity index (χ1n) is 9.19. The van der Waals surface area contributed by atoms with E-state index >= 15 is 0 Å². The highest BCUT2D eigenvalue weighted by Crippen LogP contribution is 2.39. The summed E-state index contributed by atoms with van der Waals surface area (Å²) in [7, 11) is 0. The fraction of sp³-hybridized carbons (Fsp3) is 0.273. The second-order valence-electron chi connectivity index (χ2n) is 6.94. The Morgan fingerprint density at radius 1 is 1.14 bits per heavy atom. The second kappa shape index (κ2) is 7.63. The molecule has 0 saturated carbocycles. The fourth-order valence-corrected chi connectivity index (χ4v) is 3.51. The lowest BCUT2D eigenvalue weighted by Crippen LogP contribution is -2.33. The fourth-order valence-electron chi connectivity index (χ4n) is 3.51. The van der Waals surface area contributed by atoms with Crippen LogP contribution in [0.5, 0.6) is 0 Å². The van der Waals surface area contributed by atoms with Crippen molar-refractivity contribution in [3.63, 3.8) is 0 Å². The monoisotopic (exact) mass is 399 g/mol. The van der Waals surface area contributed by atoms with Gasteiger partial charge in [-0.25, -0.2) is 0 Å². The van der Waals surface area contributed by atoms with Crippen molar-refractivity contribution >= 4 is 17.3 Å². The number of carbonyl (C=O) groups is 1. The number of halogens is 3. The number of hydrogen-bond donors (Lipinski definition) is 0. The molecule has 1 saturated heterocycles. The average molecular weight is 399 g/mol. The highest BCUT2D eigenvalue weighted by molar-refractivity contribution is 6.07. The Labute approximate surface area is 167 Å². The molecule has 1 aliphatic rings. The zero-order chi connectivity index (χ0) is 21.3. The van der Waals surface area contributed by atoms with Gasteiger partial charge in [0, 0.05) is 5.69 Å². The third-order valence-electron chi connectivity index (χ3n) is 4.91. The van der Waals surface area contributed by atoms with Crippen molar-refractivity contribution in [1.82, 2.24) is 0 Å². The quantitative estimate of drug-likeness (QED) is 0.694. The van der Waals surface area contributed by atoms with Crippen molar-refractivity contribution in [2.45, 2.75) is 38.9 Å². The van der Waals surface area contributed by atoms with E-state index in [-0.39, 0.29) is 17.4 Å². The minimum Gasteiger partial charge on any atom is -0.315 e. The van der Waals surface area contributed by atoms with Crippen LogP contribution in [0, 0.1) is 18.3 Å². The Hall–Kier alpha value is -3.27. The lowest BCUT2D eigenvalue weighted by atomic mass is 10.1. The zero-order valence-electron chi connectivity index (χ0n) is 16.1. The molecule has 2 aromatic rings. The van der Waals surface area contributed by atoms with Gasteiger partial charge in [0.25, 0.3) is 5.91 Å². The molecular formula is C22H20F3N3O. The van der Waals surface area contributed by atoms with Gasteiger partial charge in [-0.2, -0.15) is 18.4 Å². The van der Waals surface area contributed by atoms with Crippen molar-refractivity contribution < 1.29 is 18.0 Å². The Morgan fingerprint density at radius 3 is 2.31 bits per heavy atom. The van der Waals surface area contributed by atoms with E-state index in [0.29, 0.717) is 6.42 Å². The smallest absolute Gasteiger partial charge is 0.315 e. The van der Waals surface area contributed by atoms with E-state index in [0.717, 1.165) is 29.8 Å². The van der Waals surface area contributed by atoms with Crippen molar-refractivity contribution in [3.05, 3.63) is 71.6 Å². The molecule has 1 aliphatic heterocycles. The lowest BCUT2D eigenvalue weighted by molar-refractivity contribution is -0.137. The molecule has 29 heavy (non-hydrogen) atoms. The normalized spacial score (nSPS) is 17.0. The summed E-state index contributed by atoms with van der Waals surface area (Å²) in [6.45, 7) is 7.88. The van der Waals surface area contributed by atoms with E-state index in [1.54, 1.807) is 11.0 Å². The van der Waals surface area contributed by atoms with Gasteiger partial charge < -0.3 is 4.90 Å². The van der Waals surface area contributed by atoms with Crippen LogP contribution in [-0.4, -0.2) is 11.9 Å². The van der Waals surface area contributed by atoms with Gasteiger partial charge in [-0.1, -0.05) is 37.6 Å². The highest BCUT2D eigenvalue weighted by atomic mass is 19.4. The molecule has 0 N–H and O–H groups in total. The van der Waals surface area contributed by atoms with Crippen LogP contribution in [0.2, 0.25) is 0 Å². The molecule has 7 heteroatoms. The number of benzene rings is 2. The Bertz CT molecular complexity index is 990. The number of carbonyl (C=O) groups excluding carboxylic acids is 1. The van der Waals surface area contributed by atoms with Crippen molar-refractivity contribution in [2.75, 3.05) is 9.80 Å². The molecule has 0 aliphatic carbocycles. The first-order chi connectivity index (χ1) is 13.7. The molecule has 0 radical (unpaired) electrons. The van der Waals surface area contributed by atoms with E-state index in [1.165, 1.54) is 11.0 Å². The van der Waals surface area contributed by atoms with Gasteiger partial charge in [0.05, 0.1) is 22.9 Å². The van der Waals surface area contributed by atoms with Crippen LogP contribution in [-0.2, 0) is 11.0 Å². The Kier molecular flexibility index (Phi) is 5.38. The number of hydrogen-bond acceptors (Lipinski definition) is 3. The molecule has 0 bridgehead atoms. The van der Waals surface area contributed by atoms with E-state index in [2.05, 4.69) is 6.58 Å². The molecule has 1 heterocycles. The summed E-state index contributed by atoms with van der Waals surface area (Å²) in [5, 5.41) is 9.01. The van der Waals surface area contributed by atoms with Crippen molar-refractivity contribution in [2.24, 2.45) is 0 Å². The maximum atomic E-state index is 13.4. The van der Waals surface area contributed by atoms with Crippen LogP contribution in [0.15, 0.2) is 54.9 Å². The summed E-state index contributed by atoms with van der Waals surface area (Å²) in [4.78, 5) is 16.1. The number of alkyl halides is 3. The summed E-state index contributed by atoms with van der Waals surface area (Å²) < 4.78 is 40.2. The Morgan fingerprint density at radius 2 is 1.76 bits per heavy atom. The number of nitriles is 1. The molecule has 1 unspecified atom stereocenters. The van der Waals surface area contributed by atoms with E-state index < -0.39 is 23.3 Å². The summed E-state index contributed by atoms with van der Waals surface area (Å²) in [6, 6.07) is 11.8. The molecule has 4 nitrogen and oxygen atoms in total. The third kappa shape index (κ3) is 3.70. The predicted molar refractivity (Wildman–Crippen MR) is 105 cm³/mol. The minimum atomic E-state index is -4.70. The second-order valence-corrected chi connectivity index (χ2v) is 6.94. The van der Waals surface area contributed by atoms with Crippen LogP contribution < -0.4 is 9.80 Å². The van der Waals surface area contributed by atoms with Gasteiger partial charge in [-0.3, -0.25) is 9.69 Å². The van der Waals surface area contributed by atoms with Crippen LogP contribution in [0.3, 0.4) is 0 Å². The average Bonchev–Trinajstić information content (AvgIpc) is 2.92.